The van der Waals surface area contributed by atoms with Gasteiger partial charge in [-0.3, -0.25) is 4.98 Å². The molecule has 4 aromatic rings. The predicted molar refractivity (Wildman–Crippen MR) is 152 cm³/mol. The fourth-order valence-electron chi connectivity index (χ4n) is 6.98. The zero-order valence-electron chi connectivity index (χ0n) is 22.7. The number of nitrogens with zero attached hydrogens (tertiary/aromatic N) is 6. The number of H-pyrrole nitrogens is 1. The molecule has 2 aliphatic carbocycles. The minimum Gasteiger partial charge on any atom is -0.386 e. The van der Waals surface area contributed by atoms with Crippen LogP contribution in [0.2, 0.25) is 5.02 Å². The molecule has 0 aromatic carbocycles. The lowest BCUT2D eigenvalue weighted by atomic mass is 9.81. The molecule has 0 spiro atoms. The Morgan fingerprint density at radius 2 is 1.93 bits per heavy atom. The number of aromatic nitrogens is 6. The highest BCUT2D eigenvalue weighted by atomic mass is 35.5. The normalized spacial score (nSPS) is 25.0. The highest BCUT2D eigenvalue weighted by Gasteiger charge is 2.39. The van der Waals surface area contributed by atoms with Crippen molar-refractivity contribution in [2.24, 2.45) is 11.8 Å². The molecule has 10 nitrogen and oxygen atoms in total. The molecule has 0 bridgehead atoms. The first-order chi connectivity index (χ1) is 19.6. The second-order valence-electron chi connectivity index (χ2n) is 11.5. The number of rotatable bonds is 6. The molecule has 4 aromatic heterocycles. The van der Waals surface area contributed by atoms with Gasteiger partial charge in [-0.15, -0.1) is 5.10 Å². The molecule has 1 aliphatic heterocycles. The number of anilines is 1. The Labute approximate surface area is 237 Å². The summed E-state index contributed by atoms with van der Waals surface area (Å²) in [5.41, 5.74) is 3.63. The van der Waals surface area contributed by atoms with Crippen LogP contribution in [0.1, 0.15) is 58.3 Å². The molecule has 3 aliphatic rings. The van der Waals surface area contributed by atoms with Gasteiger partial charge in [-0.1, -0.05) is 37.8 Å². The number of pyridine rings is 2. The van der Waals surface area contributed by atoms with Crippen molar-refractivity contribution in [3.63, 3.8) is 0 Å². The van der Waals surface area contributed by atoms with Gasteiger partial charge in [-0.05, 0) is 56.1 Å². The number of hydrogen-bond acceptors (Lipinski definition) is 8. The van der Waals surface area contributed by atoms with Crippen molar-refractivity contribution in [1.29, 1.82) is 0 Å². The Morgan fingerprint density at radius 1 is 1.07 bits per heavy atom. The smallest absolute Gasteiger partial charge is 0.386 e. The predicted octanol–water partition coefficient (Wildman–Crippen LogP) is 5.46. The molecule has 3 fully saturated rings. The Bertz CT molecular complexity index is 1570. The summed E-state index contributed by atoms with van der Waals surface area (Å²) in [5, 5.41) is 6.92. The highest BCUT2D eigenvalue weighted by Crippen LogP contribution is 2.40. The lowest BCUT2D eigenvalue weighted by Crippen LogP contribution is -2.49. The van der Waals surface area contributed by atoms with Crippen LogP contribution in [0.25, 0.3) is 33.9 Å². The molecule has 210 valence electrons. The van der Waals surface area contributed by atoms with Gasteiger partial charge in [0, 0.05) is 31.0 Å². The third kappa shape index (κ3) is 4.71. The summed E-state index contributed by atoms with van der Waals surface area (Å²) in [6.45, 7) is 4.67. The van der Waals surface area contributed by atoms with E-state index in [9.17, 15) is 4.79 Å². The van der Waals surface area contributed by atoms with E-state index in [0.717, 1.165) is 60.8 Å². The van der Waals surface area contributed by atoms with Crippen molar-refractivity contribution in [1.82, 2.24) is 29.7 Å². The molecule has 7 rings (SSSR count). The van der Waals surface area contributed by atoms with Crippen LogP contribution >= 0.6 is 11.6 Å². The van der Waals surface area contributed by atoms with Crippen LogP contribution in [-0.2, 0) is 11.3 Å². The van der Waals surface area contributed by atoms with Gasteiger partial charge >= 0.3 is 5.76 Å². The Kier molecular flexibility index (Phi) is 6.83. The summed E-state index contributed by atoms with van der Waals surface area (Å²) in [5.74, 6) is 1.85. The fraction of sp³-hybridized carbons (Fsp3) is 0.552. The van der Waals surface area contributed by atoms with Gasteiger partial charge in [0.1, 0.15) is 5.69 Å². The average molecular weight is 564 g/mol. The van der Waals surface area contributed by atoms with Gasteiger partial charge in [-0.2, -0.15) is 0 Å². The maximum atomic E-state index is 11.8. The van der Waals surface area contributed by atoms with Gasteiger partial charge < -0.3 is 18.6 Å². The first-order valence-electron chi connectivity index (χ1n) is 14.5. The van der Waals surface area contributed by atoms with Crippen molar-refractivity contribution in [2.45, 2.75) is 77.0 Å². The summed E-state index contributed by atoms with van der Waals surface area (Å²) in [7, 11) is 0. The van der Waals surface area contributed by atoms with E-state index in [4.69, 9.17) is 30.7 Å². The van der Waals surface area contributed by atoms with E-state index < -0.39 is 5.76 Å². The number of aromatic amines is 1. The van der Waals surface area contributed by atoms with Crippen LogP contribution in [0.5, 0.6) is 0 Å². The van der Waals surface area contributed by atoms with E-state index in [1.165, 1.54) is 32.1 Å². The third-order valence-corrected chi connectivity index (χ3v) is 9.27. The van der Waals surface area contributed by atoms with Crippen molar-refractivity contribution in [3.8, 4) is 22.8 Å². The molecule has 0 amide bonds. The second kappa shape index (κ2) is 10.6. The summed E-state index contributed by atoms with van der Waals surface area (Å²) in [6, 6.07) is 4.05. The zero-order chi connectivity index (χ0) is 27.2. The highest BCUT2D eigenvalue weighted by molar-refractivity contribution is 6.30. The lowest BCUT2D eigenvalue weighted by molar-refractivity contribution is 0.0247. The van der Waals surface area contributed by atoms with Gasteiger partial charge in [0.05, 0.1) is 40.5 Å². The Hall–Kier alpha value is -3.24. The van der Waals surface area contributed by atoms with E-state index >= 15 is 0 Å². The number of hydrogen-bond donors (Lipinski definition) is 1. The molecule has 40 heavy (non-hydrogen) atoms. The molecule has 1 saturated heterocycles. The standard InChI is InChI=1S/C29H34ClN7O3/c1-2-17-6-8-18(9-7-17)16-37-26-21(33-28(37)36-10-11-39-24-5-3-4-23(24)36)13-22(27-34-35-29(38)40-27)32-25(26)19-12-20(30)15-31-14-19/h12-15,17-18,23-24H,2-11,16H2,1H3,(H,35,38)/t17-,18-,23-,24-/m0/s1. The third-order valence-electron chi connectivity index (χ3n) is 9.06. The fourth-order valence-corrected chi connectivity index (χ4v) is 7.16. The van der Waals surface area contributed by atoms with E-state index in [1.54, 1.807) is 12.4 Å². The molecule has 0 radical (unpaired) electrons. The number of halogens is 1. The maximum Gasteiger partial charge on any atom is 0.434 e. The summed E-state index contributed by atoms with van der Waals surface area (Å²) < 4.78 is 13.8. The Morgan fingerprint density at radius 3 is 2.70 bits per heavy atom. The van der Waals surface area contributed by atoms with Crippen LogP contribution in [0.3, 0.4) is 0 Å². The van der Waals surface area contributed by atoms with E-state index in [-0.39, 0.29) is 12.0 Å². The van der Waals surface area contributed by atoms with Crippen LogP contribution in [0, 0.1) is 11.8 Å². The second-order valence-corrected chi connectivity index (χ2v) is 11.9. The average Bonchev–Trinajstić information content (AvgIpc) is 3.71. The lowest BCUT2D eigenvalue weighted by Gasteiger charge is -2.39. The van der Waals surface area contributed by atoms with E-state index in [2.05, 4.69) is 31.6 Å². The summed E-state index contributed by atoms with van der Waals surface area (Å²) >= 11 is 6.40. The minimum absolute atomic E-state index is 0.124. The van der Waals surface area contributed by atoms with Gasteiger partial charge in [-0.25, -0.2) is 19.9 Å². The van der Waals surface area contributed by atoms with Gasteiger partial charge in [0.15, 0.2) is 0 Å². The number of morpholine rings is 1. The molecule has 2 atom stereocenters. The molecular formula is C29H34ClN7O3. The Balaban J connectivity index is 1.42. The summed E-state index contributed by atoms with van der Waals surface area (Å²) in [6.07, 6.45) is 13.2. The number of imidazole rings is 1. The monoisotopic (exact) mass is 563 g/mol. The first kappa shape index (κ1) is 25.7. The quantitative estimate of drug-likeness (QED) is 0.329. The van der Waals surface area contributed by atoms with Crippen molar-refractivity contribution in [2.75, 3.05) is 18.1 Å². The molecule has 0 unspecified atom stereocenters. The molecule has 5 heterocycles. The van der Waals surface area contributed by atoms with E-state index in [1.807, 2.05) is 12.1 Å². The summed E-state index contributed by atoms with van der Waals surface area (Å²) in [4.78, 5) is 28.9. The zero-order valence-corrected chi connectivity index (χ0v) is 23.4. The molecule has 2 saturated carbocycles. The topological polar surface area (TPSA) is 115 Å². The minimum atomic E-state index is -0.627. The van der Waals surface area contributed by atoms with Crippen LogP contribution in [0.4, 0.5) is 5.95 Å². The van der Waals surface area contributed by atoms with Gasteiger partial charge in [0.2, 0.25) is 5.95 Å². The van der Waals surface area contributed by atoms with E-state index in [0.29, 0.717) is 35.0 Å². The number of nitrogens with one attached hydrogen (secondary N) is 1. The molecule has 1 N–H and O–H groups in total. The largest absolute Gasteiger partial charge is 0.434 e. The van der Waals surface area contributed by atoms with Crippen LogP contribution < -0.4 is 10.7 Å². The van der Waals surface area contributed by atoms with Crippen molar-refractivity contribution >= 4 is 28.6 Å². The van der Waals surface area contributed by atoms with Crippen molar-refractivity contribution < 1.29 is 9.15 Å². The van der Waals surface area contributed by atoms with Gasteiger partial charge in [0.25, 0.3) is 5.89 Å². The van der Waals surface area contributed by atoms with Crippen LogP contribution in [0.15, 0.2) is 33.7 Å². The molecule has 11 heteroatoms. The number of fused-ring (bicyclic) bond motifs is 2. The number of ether oxygens (including phenoxy) is 1. The first-order valence-corrected chi connectivity index (χ1v) is 14.9. The maximum absolute atomic E-state index is 11.8. The van der Waals surface area contributed by atoms with Crippen LogP contribution in [-0.4, -0.2) is 55.0 Å². The SMILES string of the molecule is CC[C@H]1CC[C@H](Cn2c(N3CCO[C@H]4CCC[C@@H]43)nc3cc(-c4n[nH]c(=O)o4)nc(-c4cncc(Cl)c4)c32)CC1. The van der Waals surface area contributed by atoms with Crippen molar-refractivity contribution in [3.05, 3.63) is 40.1 Å². The molecular weight excluding hydrogens is 530 g/mol.